The van der Waals surface area contributed by atoms with Crippen LogP contribution < -0.4 is 16.5 Å². The Balaban J connectivity index is 0.000000239. The van der Waals surface area contributed by atoms with Crippen LogP contribution in [-0.4, -0.2) is 51.1 Å². The Kier molecular flexibility index (Phi) is 32.4. The van der Waals surface area contributed by atoms with E-state index in [9.17, 15) is 19.2 Å². The Hall–Kier alpha value is -4.88. The van der Waals surface area contributed by atoms with Crippen molar-refractivity contribution in [1.29, 1.82) is 0 Å². The zero-order valence-electron chi connectivity index (χ0n) is 47.6. The molecule has 2 unspecified atom stereocenters. The summed E-state index contributed by atoms with van der Waals surface area (Å²) in [5.74, 6) is -0.273. The van der Waals surface area contributed by atoms with Crippen molar-refractivity contribution in [3.05, 3.63) is 296 Å². The van der Waals surface area contributed by atoms with Gasteiger partial charge in [-0.1, -0.05) is 119 Å². The van der Waals surface area contributed by atoms with E-state index in [-0.39, 0.29) is 172 Å². The molecule has 8 aromatic carbocycles. The topological polar surface area (TPSA) is 162 Å². The molecule has 2 aromatic heterocycles. The van der Waals surface area contributed by atoms with Gasteiger partial charge in [-0.15, -0.1) is 22.3 Å². The van der Waals surface area contributed by atoms with Gasteiger partial charge in [-0.2, -0.15) is 137 Å². The summed E-state index contributed by atoms with van der Waals surface area (Å²) in [6.07, 6.45) is 6.98. The van der Waals surface area contributed by atoms with Crippen molar-refractivity contribution in [1.82, 2.24) is 25.8 Å². The van der Waals surface area contributed by atoms with Gasteiger partial charge in [0.05, 0.1) is 29.4 Å². The predicted molar refractivity (Wildman–Crippen MR) is 337 cm³/mol. The fourth-order valence-electron chi connectivity index (χ4n) is 9.25. The number of halogens is 2. The number of aryl methyl sites for hydroxylation is 4. The molecular formula is C69H55Br2N7O4Y4-4. The summed E-state index contributed by atoms with van der Waals surface area (Å²) in [6.45, 7) is 8.35. The maximum Gasteiger partial charge on any atom is 0.272 e. The van der Waals surface area contributed by atoms with E-state index >= 15 is 0 Å². The van der Waals surface area contributed by atoms with Crippen molar-refractivity contribution in [2.24, 2.45) is 10.1 Å². The number of amides is 1. The summed E-state index contributed by atoms with van der Waals surface area (Å²) < 4.78 is 0. The SMILES string of the molecule is BrBr.Cc1ccc(-c2c(-c3cc[c-]cc3)cn[nH]c2=O)cc1.Cc1ccc(-c2c(-c3cc[c-]cc3)cn[nH]c2=O)cc1.Cc1ccc(C2=C(c3cc[c-]cc3)C=NCC2=O)cc1.Cc1ccc(C2C(=O)NN=CC2c2cc[c-]cc2)cc1.[Y].[Y].[Y].[Y]. The third-order valence-electron chi connectivity index (χ3n) is 13.4. The number of carbonyl (C=O) groups is 2. The average molecular weight is 1560 g/mol. The van der Waals surface area contributed by atoms with Gasteiger partial charge in [0, 0.05) is 183 Å². The molecule has 0 fully saturated rings. The number of hydrogen-bond donors (Lipinski definition) is 3. The van der Waals surface area contributed by atoms with E-state index in [1.165, 1.54) is 11.1 Å². The van der Waals surface area contributed by atoms with Gasteiger partial charge in [-0.25, -0.2) is 15.6 Å². The van der Waals surface area contributed by atoms with Crippen LogP contribution >= 0.6 is 28.3 Å². The third kappa shape index (κ3) is 20.1. The molecule has 3 N–H and O–H groups in total. The molecule has 0 bridgehead atoms. The number of aromatic amines is 2. The molecule has 10 aromatic rings. The van der Waals surface area contributed by atoms with E-state index in [4.69, 9.17) is 0 Å². The minimum Gasteiger partial charge on any atom is -0.292 e. The van der Waals surface area contributed by atoms with Crippen LogP contribution in [0.5, 0.6) is 0 Å². The van der Waals surface area contributed by atoms with E-state index < -0.39 is 0 Å². The molecule has 17 heteroatoms. The average Bonchev–Trinajstić information content (AvgIpc) is 2.58. The first-order valence-corrected chi connectivity index (χ1v) is 29.8. The zero-order chi connectivity index (χ0) is 57.8. The molecule has 420 valence electrons. The molecule has 4 radical (unpaired) electrons. The number of dihydropyridines is 1. The minimum atomic E-state index is -0.240. The van der Waals surface area contributed by atoms with E-state index in [0.717, 1.165) is 77.9 Å². The van der Waals surface area contributed by atoms with Gasteiger partial charge in [-0.3, -0.25) is 24.2 Å². The summed E-state index contributed by atoms with van der Waals surface area (Å²) in [6, 6.07) is 74.2. The summed E-state index contributed by atoms with van der Waals surface area (Å²) in [5, 5.41) is 16.8. The molecule has 2 aliphatic heterocycles. The quantitative estimate of drug-likeness (QED) is 0.128. The number of aromatic nitrogens is 4. The van der Waals surface area contributed by atoms with E-state index in [2.05, 4.69) is 88.4 Å². The number of nitrogens with zero attached hydrogens (tertiary/aromatic N) is 4. The van der Waals surface area contributed by atoms with Crippen molar-refractivity contribution in [3.8, 4) is 44.5 Å². The van der Waals surface area contributed by atoms with Crippen LogP contribution in [0, 0.1) is 52.0 Å². The molecular weight excluding hydrogens is 1510 g/mol. The van der Waals surface area contributed by atoms with Gasteiger partial charge in [-0.05, 0) is 66.6 Å². The smallest absolute Gasteiger partial charge is 0.272 e. The van der Waals surface area contributed by atoms with Crippen LogP contribution in [0.2, 0.25) is 0 Å². The van der Waals surface area contributed by atoms with Crippen LogP contribution in [0.3, 0.4) is 0 Å². The number of nitrogens with one attached hydrogen (secondary N) is 3. The summed E-state index contributed by atoms with van der Waals surface area (Å²) in [7, 11) is 0. The standard InChI is InChI=1S/C18H14NO.C17H15N2O.2C17H13N2O.Br2.4Y/c1-13-7-9-15(10-8-13)18-16(11-19-12-17(18)20)14-5-3-2-4-6-14;3*1-12-7-9-14(10-8-12)16-15(11-18-19-17(16)20)13-5-3-2-4-6-13;1-2;;;;/h3-11H,12H2,1H3;3-11,15-16H,1H3,(H,19,20);2*3-11H,1H3,(H,19,20);;;;;/q4*-1;;;;;. The molecule has 2 aliphatic rings. The number of aliphatic imine (C=N–C) groups is 1. The molecule has 11 nitrogen and oxygen atoms in total. The molecule has 2 atom stereocenters. The van der Waals surface area contributed by atoms with Crippen molar-refractivity contribution >= 4 is 63.5 Å². The Labute approximate surface area is 618 Å². The van der Waals surface area contributed by atoms with Crippen LogP contribution in [0.25, 0.3) is 55.7 Å². The van der Waals surface area contributed by atoms with E-state index in [1.807, 2.05) is 222 Å². The van der Waals surface area contributed by atoms with Crippen molar-refractivity contribution in [2.75, 3.05) is 6.54 Å². The van der Waals surface area contributed by atoms with Gasteiger partial charge in [0.15, 0.2) is 5.78 Å². The first-order valence-electron chi connectivity index (χ1n) is 26.1. The Morgan fingerprint density at radius 2 is 0.814 bits per heavy atom. The monoisotopic (exact) mass is 1560 g/mol. The maximum absolute atomic E-state index is 12.3. The molecule has 4 heterocycles. The first-order chi connectivity index (χ1) is 40.0. The van der Waals surface area contributed by atoms with Crippen LogP contribution in [-0.2, 0) is 140 Å². The van der Waals surface area contributed by atoms with Crippen molar-refractivity contribution in [2.45, 2.75) is 39.5 Å². The molecule has 0 saturated carbocycles. The molecule has 0 saturated heterocycles. The number of H-pyrrole nitrogens is 2. The number of benzene rings is 8. The van der Waals surface area contributed by atoms with Crippen LogP contribution in [0.15, 0.2) is 226 Å². The summed E-state index contributed by atoms with van der Waals surface area (Å²) >= 11 is 5.50. The summed E-state index contributed by atoms with van der Waals surface area (Å²) in [5.41, 5.74) is 19.2. The van der Waals surface area contributed by atoms with E-state index in [1.54, 1.807) is 24.8 Å². The molecule has 0 aliphatic carbocycles. The Morgan fingerprint density at radius 3 is 1.23 bits per heavy atom. The predicted octanol–water partition coefficient (Wildman–Crippen LogP) is 14.2. The molecule has 1 amide bonds. The van der Waals surface area contributed by atoms with Crippen LogP contribution in [0.4, 0.5) is 0 Å². The van der Waals surface area contributed by atoms with Gasteiger partial charge in [0.2, 0.25) is 5.91 Å². The fourth-order valence-corrected chi connectivity index (χ4v) is 9.25. The van der Waals surface area contributed by atoms with Gasteiger partial charge < -0.3 is 0 Å². The van der Waals surface area contributed by atoms with Crippen molar-refractivity contribution < 1.29 is 140 Å². The molecule has 12 rings (SSSR count). The van der Waals surface area contributed by atoms with Gasteiger partial charge >= 0.3 is 0 Å². The number of allylic oxidation sites excluding steroid dienone is 1. The number of Topliss-reactive ketones (excluding diaryl/α,β-unsaturated/α-hetero) is 1. The summed E-state index contributed by atoms with van der Waals surface area (Å²) in [4.78, 5) is 53.0. The number of hydrazone groups is 1. The normalized spacial score (nSPS) is 13.4. The second kappa shape index (κ2) is 37.8. The largest absolute Gasteiger partial charge is 0.292 e. The fraction of sp³-hybridized carbons (Fsp3) is 0.101. The second-order valence-corrected chi connectivity index (χ2v) is 19.1. The van der Waals surface area contributed by atoms with Gasteiger partial charge in [0.25, 0.3) is 11.1 Å². The number of ketones is 1. The molecule has 0 spiro atoms. The maximum atomic E-state index is 12.3. The number of hydrogen-bond acceptors (Lipinski definition) is 8. The minimum absolute atomic E-state index is 0. The number of carbonyl (C=O) groups excluding carboxylic acids is 2. The third-order valence-corrected chi connectivity index (χ3v) is 13.4. The number of rotatable bonds is 8. The van der Waals surface area contributed by atoms with Gasteiger partial charge in [0.1, 0.15) is 6.54 Å². The Morgan fingerprint density at radius 1 is 0.442 bits per heavy atom. The Bertz CT molecular complexity index is 3810. The zero-order valence-corrected chi connectivity index (χ0v) is 62.2. The van der Waals surface area contributed by atoms with E-state index in [0.29, 0.717) is 11.1 Å². The second-order valence-electron chi connectivity index (χ2n) is 19.1. The van der Waals surface area contributed by atoms with Crippen LogP contribution in [0.1, 0.15) is 56.3 Å². The van der Waals surface area contributed by atoms with Crippen molar-refractivity contribution in [3.63, 3.8) is 0 Å². The first kappa shape index (κ1) is 73.6. The molecule has 86 heavy (non-hydrogen) atoms.